The van der Waals surface area contributed by atoms with Crippen LogP contribution in [0.25, 0.3) is 0 Å². The van der Waals surface area contributed by atoms with E-state index in [0.717, 1.165) is 6.42 Å². The summed E-state index contributed by atoms with van der Waals surface area (Å²) in [7, 11) is 4.42. The second-order valence-corrected chi connectivity index (χ2v) is 5.75. The fourth-order valence-corrected chi connectivity index (χ4v) is 2.79. The molecular weight excluding hydrogens is 234 g/mol. The van der Waals surface area contributed by atoms with E-state index in [0.29, 0.717) is 6.04 Å². The highest BCUT2D eigenvalue weighted by Crippen LogP contribution is 2.23. The van der Waals surface area contributed by atoms with Crippen molar-refractivity contribution in [3.63, 3.8) is 0 Å². The highest BCUT2D eigenvalue weighted by molar-refractivity contribution is 5.48. The van der Waals surface area contributed by atoms with Gasteiger partial charge >= 0.3 is 0 Å². The molecule has 2 N–H and O–H groups in total. The Morgan fingerprint density at radius 1 is 1.26 bits per heavy atom. The van der Waals surface area contributed by atoms with Crippen LogP contribution in [0.3, 0.4) is 0 Å². The lowest BCUT2D eigenvalue weighted by molar-refractivity contribution is 0.253. The van der Waals surface area contributed by atoms with Crippen LogP contribution in [0.1, 0.15) is 37.8 Å². The second-order valence-electron chi connectivity index (χ2n) is 5.75. The van der Waals surface area contributed by atoms with Crippen LogP contribution in [0.4, 0.5) is 5.69 Å². The molecular formula is C16H27N3. The molecule has 1 aromatic carbocycles. The van der Waals surface area contributed by atoms with Gasteiger partial charge in [0.15, 0.2) is 0 Å². The maximum absolute atomic E-state index is 6.06. The summed E-state index contributed by atoms with van der Waals surface area (Å²) < 4.78 is 0. The van der Waals surface area contributed by atoms with Gasteiger partial charge in [-0.2, -0.15) is 0 Å². The standard InChI is InChI=1S/C16H27N3/c1-4-16(17)13-5-7-14(8-6-13)19(3)15-9-11-18(2)12-10-15/h5-8,15-16H,4,9-12,17H2,1-3H3/t16-/m1/s1. The monoisotopic (exact) mass is 261 g/mol. The maximum Gasteiger partial charge on any atom is 0.0366 e. The molecule has 0 aliphatic carbocycles. The molecule has 0 amide bonds. The number of benzene rings is 1. The average Bonchev–Trinajstić information content (AvgIpc) is 2.46. The topological polar surface area (TPSA) is 32.5 Å². The Kier molecular flexibility index (Phi) is 4.83. The summed E-state index contributed by atoms with van der Waals surface area (Å²) in [4.78, 5) is 4.84. The molecule has 1 heterocycles. The molecule has 19 heavy (non-hydrogen) atoms. The molecule has 106 valence electrons. The number of rotatable bonds is 4. The predicted octanol–water partition coefficient (Wildman–Crippen LogP) is 2.63. The zero-order valence-corrected chi connectivity index (χ0v) is 12.5. The minimum atomic E-state index is 0.169. The summed E-state index contributed by atoms with van der Waals surface area (Å²) >= 11 is 0. The summed E-state index contributed by atoms with van der Waals surface area (Å²) in [5.41, 5.74) is 8.61. The molecule has 1 saturated heterocycles. The third-order valence-electron chi connectivity index (χ3n) is 4.40. The van der Waals surface area contributed by atoms with E-state index < -0.39 is 0 Å². The number of anilines is 1. The van der Waals surface area contributed by atoms with Crippen molar-refractivity contribution in [1.29, 1.82) is 0 Å². The molecule has 1 aliphatic rings. The molecule has 3 heteroatoms. The summed E-state index contributed by atoms with van der Waals surface area (Å²) in [6.07, 6.45) is 3.50. The van der Waals surface area contributed by atoms with Gasteiger partial charge in [-0.3, -0.25) is 0 Å². The first-order chi connectivity index (χ1) is 9.11. The van der Waals surface area contributed by atoms with Gasteiger partial charge in [0.05, 0.1) is 0 Å². The van der Waals surface area contributed by atoms with Crippen LogP contribution in [0, 0.1) is 0 Å². The smallest absolute Gasteiger partial charge is 0.0366 e. The highest BCUT2D eigenvalue weighted by Gasteiger charge is 2.20. The molecule has 0 bridgehead atoms. The third-order valence-corrected chi connectivity index (χ3v) is 4.40. The van der Waals surface area contributed by atoms with E-state index in [1.807, 2.05) is 0 Å². The van der Waals surface area contributed by atoms with Gasteiger partial charge in [0.25, 0.3) is 0 Å². The Morgan fingerprint density at radius 3 is 2.37 bits per heavy atom. The maximum atomic E-state index is 6.06. The van der Waals surface area contributed by atoms with E-state index in [1.165, 1.54) is 37.2 Å². The Balaban J connectivity index is 2.01. The van der Waals surface area contributed by atoms with E-state index >= 15 is 0 Å². The van der Waals surface area contributed by atoms with Crippen LogP contribution in [-0.2, 0) is 0 Å². The Bertz CT molecular complexity index is 379. The number of hydrogen-bond acceptors (Lipinski definition) is 3. The van der Waals surface area contributed by atoms with Crippen LogP contribution < -0.4 is 10.6 Å². The minimum Gasteiger partial charge on any atom is -0.372 e. The summed E-state index contributed by atoms with van der Waals surface area (Å²) in [5.74, 6) is 0. The molecule has 2 rings (SSSR count). The largest absolute Gasteiger partial charge is 0.372 e. The molecule has 1 fully saturated rings. The molecule has 0 unspecified atom stereocenters. The summed E-state index contributed by atoms with van der Waals surface area (Å²) in [6, 6.07) is 9.61. The highest BCUT2D eigenvalue weighted by atomic mass is 15.2. The lowest BCUT2D eigenvalue weighted by Crippen LogP contribution is -2.41. The number of likely N-dealkylation sites (tertiary alicyclic amines) is 1. The van der Waals surface area contributed by atoms with Crippen LogP contribution in [-0.4, -0.2) is 38.1 Å². The van der Waals surface area contributed by atoms with Crippen molar-refractivity contribution in [1.82, 2.24) is 4.90 Å². The van der Waals surface area contributed by atoms with E-state index in [1.54, 1.807) is 0 Å². The van der Waals surface area contributed by atoms with E-state index in [-0.39, 0.29) is 6.04 Å². The van der Waals surface area contributed by atoms with Crippen molar-refractivity contribution in [3.05, 3.63) is 29.8 Å². The van der Waals surface area contributed by atoms with Crippen molar-refractivity contribution >= 4 is 5.69 Å². The van der Waals surface area contributed by atoms with Gasteiger partial charge in [0.2, 0.25) is 0 Å². The Labute approximate surface area is 117 Å². The van der Waals surface area contributed by atoms with Gasteiger partial charge < -0.3 is 15.5 Å². The van der Waals surface area contributed by atoms with Crippen molar-refractivity contribution < 1.29 is 0 Å². The van der Waals surface area contributed by atoms with Crippen LogP contribution in [0.5, 0.6) is 0 Å². The molecule has 1 aliphatic heterocycles. The molecule has 1 aromatic rings. The van der Waals surface area contributed by atoms with Crippen molar-refractivity contribution in [2.45, 2.75) is 38.3 Å². The van der Waals surface area contributed by atoms with Crippen molar-refractivity contribution in [2.75, 3.05) is 32.1 Å². The fraction of sp³-hybridized carbons (Fsp3) is 0.625. The van der Waals surface area contributed by atoms with Gasteiger partial charge in [-0.15, -0.1) is 0 Å². The van der Waals surface area contributed by atoms with Crippen LogP contribution in [0.15, 0.2) is 24.3 Å². The van der Waals surface area contributed by atoms with Gasteiger partial charge in [-0.25, -0.2) is 0 Å². The van der Waals surface area contributed by atoms with Crippen molar-refractivity contribution in [2.24, 2.45) is 5.73 Å². The first-order valence-electron chi connectivity index (χ1n) is 7.38. The summed E-state index contributed by atoms with van der Waals surface area (Å²) in [5, 5.41) is 0. The number of nitrogens with two attached hydrogens (primary N) is 1. The number of piperidine rings is 1. The van der Waals surface area contributed by atoms with Gasteiger partial charge in [0, 0.05) is 24.8 Å². The lowest BCUT2D eigenvalue weighted by Gasteiger charge is -2.36. The minimum absolute atomic E-state index is 0.169. The zero-order valence-electron chi connectivity index (χ0n) is 12.5. The SMILES string of the molecule is CC[C@@H](N)c1ccc(N(C)C2CCN(C)CC2)cc1. The molecule has 1 atom stereocenters. The van der Waals surface area contributed by atoms with Crippen molar-refractivity contribution in [3.8, 4) is 0 Å². The third kappa shape index (κ3) is 3.48. The average molecular weight is 261 g/mol. The molecule has 0 saturated carbocycles. The van der Waals surface area contributed by atoms with E-state index in [2.05, 4.69) is 55.1 Å². The number of nitrogens with zero attached hydrogens (tertiary/aromatic N) is 2. The zero-order chi connectivity index (χ0) is 13.8. The molecule has 0 radical (unpaired) electrons. The molecule has 0 spiro atoms. The Morgan fingerprint density at radius 2 is 1.84 bits per heavy atom. The van der Waals surface area contributed by atoms with E-state index in [4.69, 9.17) is 5.73 Å². The van der Waals surface area contributed by atoms with Crippen LogP contribution >= 0.6 is 0 Å². The lowest BCUT2D eigenvalue weighted by atomic mass is 10.0. The van der Waals surface area contributed by atoms with Gasteiger partial charge in [-0.1, -0.05) is 19.1 Å². The quantitative estimate of drug-likeness (QED) is 0.904. The van der Waals surface area contributed by atoms with E-state index in [9.17, 15) is 0 Å². The van der Waals surface area contributed by atoms with Gasteiger partial charge in [0.1, 0.15) is 0 Å². The molecule has 3 nitrogen and oxygen atoms in total. The second kappa shape index (κ2) is 6.40. The summed E-state index contributed by atoms with van der Waals surface area (Å²) in [6.45, 7) is 4.53. The first-order valence-corrected chi connectivity index (χ1v) is 7.38. The van der Waals surface area contributed by atoms with Gasteiger partial charge in [-0.05, 0) is 57.1 Å². The normalized spacial score (nSPS) is 19.4. The fourth-order valence-electron chi connectivity index (χ4n) is 2.79. The Hall–Kier alpha value is -1.06. The molecule has 0 aromatic heterocycles. The van der Waals surface area contributed by atoms with Crippen LogP contribution in [0.2, 0.25) is 0 Å². The predicted molar refractivity (Wildman–Crippen MR) is 82.6 cm³/mol. The first kappa shape index (κ1) is 14.4. The number of hydrogen-bond donors (Lipinski definition) is 1.